The zero-order valence-electron chi connectivity index (χ0n) is 7.55. The summed E-state index contributed by atoms with van der Waals surface area (Å²) >= 11 is 5.71. The molecule has 0 aliphatic heterocycles. The first kappa shape index (κ1) is 9.53. The number of halogens is 1. The number of pyridine rings is 1. The molecular formula is C10H14ClN. The second-order valence-electron chi connectivity index (χ2n) is 3.39. The quantitative estimate of drug-likeness (QED) is 0.657. The Bertz CT molecular complexity index is 245. The van der Waals surface area contributed by atoms with E-state index >= 15 is 0 Å². The molecule has 0 N–H and O–H groups in total. The summed E-state index contributed by atoms with van der Waals surface area (Å²) in [5.41, 5.74) is 2.30. The maximum atomic E-state index is 5.71. The first-order chi connectivity index (χ1) is 5.72. The van der Waals surface area contributed by atoms with Crippen LogP contribution in [0.1, 0.15) is 25.1 Å². The third kappa shape index (κ3) is 2.82. The summed E-state index contributed by atoms with van der Waals surface area (Å²) in [6, 6.07) is 4.03. The third-order valence-electron chi connectivity index (χ3n) is 1.65. The number of rotatable bonds is 3. The van der Waals surface area contributed by atoms with Gasteiger partial charge in [0.1, 0.15) is 0 Å². The minimum Gasteiger partial charge on any atom is -0.261 e. The summed E-state index contributed by atoms with van der Waals surface area (Å²) in [6.07, 6.45) is 2.86. The molecule has 1 aromatic heterocycles. The van der Waals surface area contributed by atoms with Gasteiger partial charge in [0.25, 0.3) is 0 Å². The van der Waals surface area contributed by atoms with E-state index in [1.807, 2.05) is 12.3 Å². The first-order valence-electron chi connectivity index (χ1n) is 4.22. The standard InChI is InChI=1S/C10H14ClN/c1-8(2)5-10-6-9(7-11)3-4-12-10/h3-4,6,8H,5,7H2,1-2H3. The Labute approximate surface area is 78.8 Å². The van der Waals surface area contributed by atoms with Crippen LogP contribution in [0.4, 0.5) is 0 Å². The highest BCUT2D eigenvalue weighted by molar-refractivity contribution is 6.17. The van der Waals surface area contributed by atoms with Gasteiger partial charge in [-0.05, 0) is 30.0 Å². The zero-order chi connectivity index (χ0) is 8.97. The molecule has 0 radical (unpaired) electrons. The zero-order valence-corrected chi connectivity index (χ0v) is 8.30. The Morgan fingerprint density at radius 3 is 2.83 bits per heavy atom. The van der Waals surface area contributed by atoms with Crippen LogP contribution in [0.15, 0.2) is 18.3 Å². The van der Waals surface area contributed by atoms with E-state index in [0.717, 1.165) is 17.7 Å². The highest BCUT2D eigenvalue weighted by Crippen LogP contribution is 2.09. The molecule has 0 spiro atoms. The van der Waals surface area contributed by atoms with Crippen LogP contribution < -0.4 is 0 Å². The topological polar surface area (TPSA) is 12.9 Å². The summed E-state index contributed by atoms with van der Waals surface area (Å²) in [5.74, 6) is 1.23. The number of nitrogens with zero attached hydrogens (tertiary/aromatic N) is 1. The van der Waals surface area contributed by atoms with Crippen molar-refractivity contribution in [2.45, 2.75) is 26.1 Å². The maximum Gasteiger partial charge on any atom is 0.0475 e. The van der Waals surface area contributed by atoms with Gasteiger partial charge in [0.05, 0.1) is 0 Å². The molecule has 0 amide bonds. The van der Waals surface area contributed by atoms with Crippen LogP contribution in [-0.2, 0) is 12.3 Å². The van der Waals surface area contributed by atoms with Gasteiger partial charge in [-0.3, -0.25) is 4.98 Å². The lowest BCUT2D eigenvalue weighted by Gasteiger charge is -2.04. The van der Waals surface area contributed by atoms with Crippen molar-refractivity contribution in [2.24, 2.45) is 5.92 Å². The van der Waals surface area contributed by atoms with Gasteiger partial charge in [0, 0.05) is 17.8 Å². The van der Waals surface area contributed by atoms with Crippen LogP contribution in [0.2, 0.25) is 0 Å². The molecule has 0 saturated carbocycles. The van der Waals surface area contributed by atoms with Gasteiger partial charge in [-0.25, -0.2) is 0 Å². The fourth-order valence-corrected chi connectivity index (χ4v) is 1.31. The molecule has 0 atom stereocenters. The Morgan fingerprint density at radius 2 is 2.25 bits per heavy atom. The summed E-state index contributed by atoms with van der Waals surface area (Å²) in [4.78, 5) is 4.27. The lowest BCUT2D eigenvalue weighted by molar-refractivity contribution is 0.635. The number of hydrogen-bond acceptors (Lipinski definition) is 1. The van der Waals surface area contributed by atoms with Gasteiger partial charge in [-0.15, -0.1) is 11.6 Å². The van der Waals surface area contributed by atoms with Crippen molar-refractivity contribution in [3.8, 4) is 0 Å². The van der Waals surface area contributed by atoms with E-state index in [9.17, 15) is 0 Å². The Morgan fingerprint density at radius 1 is 1.50 bits per heavy atom. The van der Waals surface area contributed by atoms with Crippen molar-refractivity contribution >= 4 is 11.6 Å². The number of hydrogen-bond donors (Lipinski definition) is 0. The van der Waals surface area contributed by atoms with Gasteiger partial charge < -0.3 is 0 Å². The second kappa shape index (κ2) is 4.46. The molecule has 1 aromatic rings. The van der Waals surface area contributed by atoms with Crippen LogP contribution in [-0.4, -0.2) is 4.98 Å². The Balaban J connectivity index is 2.72. The predicted octanol–water partition coefficient (Wildman–Crippen LogP) is 3.02. The van der Waals surface area contributed by atoms with E-state index in [0.29, 0.717) is 11.8 Å². The van der Waals surface area contributed by atoms with E-state index in [4.69, 9.17) is 11.6 Å². The fraction of sp³-hybridized carbons (Fsp3) is 0.500. The molecule has 66 valence electrons. The van der Waals surface area contributed by atoms with Crippen LogP contribution in [0.25, 0.3) is 0 Å². The van der Waals surface area contributed by atoms with Gasteiger partial charge in [-0.2, -0.15) is 0 Å². The summed E-state index contributed by atoms with van der Waals surface area (Å²) in [7, 11) is 0. The highest BCUT2D eigenvalue weighted by Gasteiger charge is 1.99. The molecule has 12 heavy (non-hydrogen) atoms. The fourth-order valence-electron chi connectivity index (χ4n) is 1.14. The van der Waals surface area contributed by atoms with E-state index in [1.165, 1.54) is 0 Å². The van der Waals surface area contributed by atoms with E-state index < -0.39 is 0 Å². The van der Waals surface area contributed by atoms with Gasteiger partial charge in [0.2, 0.25) is 0 Å². The van der Waals surface area contributed by atoms with Crippen LogP contribution >= 0.6 is 11.6 Å². The Hall–Kier alpha value is -0.560. The Kier molecular flexibility index (Phi) is 3.54. The van der Waals surface area contributed by atoms with Gasteiger partial charge in [-0.1, -0.05) is 13.8 Å². The van der Waals surface area contributed by atoms with Crippen molar-refractivity contribution in [3.63, 3.8) is 0 Å². The first-order valence-corrected chi connectivity index (χ1v) is 4.75. The van der Waals surface area contributed by atoms with Gasteiger partial charge >= 0.3 is 0 Å². The number of aromatic nitrogens is 1. The molecule has 0 aliphatic carbocycles. The minimum absolute atomic E-state index is 0.577. The van der Waals surface area contributed by atoms with Crippen molar-refractivity contribution in [1.29, 1.82) is 0 Å². The molecular weight excluding hydrogens is 170 g/mol. The molecule has 0 saturated heterocycles. The van der Waals surface area contributed by atoms with Crippen molar-refractivity contribution in [2.75, 3.05) is 0 Å². The molecule has 0 bridgehead atoms. The molecule has 1 rings (SSSR count). The largest absolute Gasteiger partial charge is 0.261 e. The molecule has 0 aliphatic rings. The highest BCUT2D eigenvalue weighted by atomic mass is 35.5. The maximum absolute atomic E-state index is 5.71. The van der Waals surface area contributed by atoms with Crippen LogP contribution in [0, 0.1) is 5.92 Å². The molecule has 0 fully saturated rings. The lowest BCUT2D eigenvalue weighted by atomic mass is 10.1. The van der Waals surface area contributed by atoms with E-state index in [-0.39, 0.29) is 0 Å². The summed E-state index contributed by atoms with van der Waals surface area (Å²) in [6.45, 7) is 4.38. The third-order valence-corrected chi connectivity index (χ3v) is 1.96. The van der Waals surface area contributed by atoms with Crippen molar-refractivity contribution < 1.29 is 0 Å². The molecule has 0 unspecified atom stereocenters. The smallest absolute Gasteiger partial charge is 0.0475 e. The molecule has 1 nitrogen and oxygen atoms in total. The van der Waals surface area contributed by atoms with E-state index in [1.54, 1.807) is 0 Å². The molecule has 1 heterocycles. The van der Waals surface area contributed by atoms with Crippen molar-refractivity contribution in [3.05, 3.63) is 29.6 Å². The summed E-state index contributed by atoms with van der Waals surface area (Å²) < 4.78 is 0. The van der Waals surface area contributed by atoms with Crippen LogP contribution in [0.3, 0.4) is 0 Å². The second-order valence-corrected chi connectivity index (χ2v) is 3.65. The SMILES string of the molecule is CC(C)Cc1cc(CCl)ccn1. The molecule has 0 aromatic carbocycles. The minimum atomic E-state index is 0.577. The van der Waals surface area contributed by atoms with Crippen LogP contribution in [0.5, 0.6) is 0 Å². The predicted molar refractivity (Wildman–Crippen MR) is 52.3 cm³/mol. The normalized spacial score (nSPS) is 10.7. The van der Waals surface area contributed by atoms with Gasteiger partial charge in [0.15, 0.2) is 0 Å². The lowest BCUT2D eigenvalue weighted by Crippen LogP contribution is -1.97. The van der Waals surface area contributed by atoms with Crippen molar-refractivity contribution in [1.82, 2.24) is 4.98 Å². The average molecular weight is 184 g/mol. The molecule has 2 heteroatoms. The monoisotopic (exact) mass is 183 g/mol. The number of alkyl halides is 1. The summed E-state index contributed by atoms with van der Waals surface area (Å²) in [5, 5.41) is 0. The average Bonchev–Trinajstić information content (AvgIpc) is 2.03. The van der Waals surface area contributed by atoms with E-state index in [2.05, 4.69) is 24.9 Å².